The summed E-state index contributed by atoms with van der Waals surface area (Å²) in [7, 11) is 0. The number of halogens is 2. The van der Waals surface area contributed by atoms with Gasteiger partial charge in [0.25, 0.3) is 0 Å². The molecule has 1 fully saturated rings. The molecule has 2 rings (SSSR count). The second-order valence-corrected chi connectivity index (χ2v) is 3.80. The summed E-state index contributed by atoms with van der Waals surface area (Å²) in [4.78, 5) is 0. The van der Waals surface area contributed by atoms with Crippen molar-refractivity contribution >= 4 is 0 Å². The lowest BCUT2D eigenvalue weighted by Crippen LogP contribution is -2.43. The topological polar surface area (TPSA) is 24.1 Å². The lowest BCUT2D eigenvalue weighted by Gasteiger charge is -2.25. The van der Waals surface area contributed by atoms with E-state index in [1.54, 1.807) is 6.92 Å². The smallest absolute Gasteiger partial charge is 0.133 e. The fourth-order valence-electron chi connectivity index (χ4n) is 1.86. The molecule has 1 aliphatic rings. The lowest BCUT2D eigenvalue weighted by molar-refractivity contribution is 0.400. The third-order valence-electron chi connectivity index (χ3n) is 2.71. The minimum absolute atomic E-state index is 0.155. The highest BCUT2D eigenvalue weighted by Gasteiger charge is 2.22. The normalized spacial score (nSPS) is 21.7. The van der Waals surface area contributed by atoms with Gasteiger partial charge in [0, 0.05) is 25.2 Å². The molecule has 2 N–H and O–H groups in total. The van der Waals surface area contributed by atoms with Gasteiger partial charge in [-0.25, -0.2) is 8.78 Å². The van der Waals surface area contributed by atoms with Crippen LogP contribution in [0.15, 0.2) is 12.1 Å². The minimum atomic E-state index is -0.473. The number of nitrogens with one attached hydrogen (secondary N) is 2. The third-order valence-corrected chi connectivity index (χ3v) is 2.71. The Hall–Kier alpha value is -1.00. The van der Waals surface area contributed by atoms with Crippen LogP contribution in [0.25, 0.3) is 0 Å². The first-order chi connectivity index (χ1) is 7.20. The summed E-state index contributed by atoms with van der Waals surface area (Å²) in [6.45, 7) is 3.79. The molecule has 1 aliphatic heterocycles. The van der Waals surface area contributed by atoms with Gasteiger partial charge in [-0.2, -0.15) is 0 Å². The molecule has 82 valence electrons. The third kappa shape index (κ3) is 2.01. The number of hydrogen-bond donors (Lipinski definition) is 2. The lowest BCUT2D eigenvalue weighted by atomic mass is 10.0. The molecule has 0 unspecified atom stereocenters. The molecule has 4 heteroatoms. The van der Waals surface area contributed by atoms with Gasteiger partial charge in [0.2, 0.25) is 0 Å². The second-order valence-electron chi connectivity index (χ2n) is 3.80. The molecule has 15 heavy (non-hydrogen) atoms. The highest BCUT2D eigenvalue weighted by Crippen LogP contribution is 2.23. The van der Waals surface area contributed by atoms with E-state index in [0.717, 1.165) is 13.1 Å². The molecule has 1 atom stereocenters. The van der Waals surface area contributed by atoms with Gasteiger partial charge in [-0.15, -0.1) is 0 Å². The number of piperazine rings is 1. The summed E-state index contributed by atoms with van der Waals surface area (Å²) in [6, 6.07) is 2.52. The van der Waals surface area contributed by atoms with Crippen molar-refractivity contribution in [2.75, 3.05) is 19.6 Å². The summed E-state index contributed by atoms with van der Waals surface area (Å²) in [5.41, 5.74) is 0.640. The molecular formula is C11H14F2N2. The van der Waals surface area contributed by atoms with Gasteiger partial charge in [0.05, 0.1) is 6.04 Å². The van der Waals surface area contributed by atoms with Crippen molar-refractivity contribution in [3.63, 3.8) is 0 Å². The highest BCUT2D eigenvalue weighted by atomic mass is 19.1. The predicted octanol–water partition coefficient (Wildman–Crippen LogP) is 1.51. The molecule has 0 spiro atoms. The first kappa shape index (κ1) is 10.5. The van der Waals surface area contributed by atoms with E-state index in [9.17, 15) is 8.78 Å². The molecule has 0 amide bonds. The van der Waals surface area contributed by atoms with Crippen LogP contribution in [0.4, 0.5) is 8.78 Å². The number of benzene rings is 1. The van der Waals surface area contributed by atoms with Crippen LogP contribution < -0.4 is 10.6 Å². The Labute approximate surface area is 87.7 Å². The van der Waals surface area contributed by atoms with Crippen molar-refractivity contribution in [3.05, 3.63) is 34.9 Å². The van der Waals surface area contributed by atoms with Crippen LogP contribution in [-0.2, 0) is 0 Å². The largest absolute Gasteiger partial charge is 0.314 e. The van der Waals surface area contributed by atoms with Crippen LogP contribution in [0, 0.1) is 18.6 Å². The molecule has 0 saturated carbocycles. The van der Waals surface area contributed by atoms with Gasteiger partial charge >= 0.3 is 0 Å². The monoisotopic (exact) mass is 212 g/mol. The molecule has 1 saturated heterocycles. The Morgan fingerprint density at radius 2 is 2.07 bits per heavy atom. The van der Waals surface area contributed by atoms with Gasteiger partial charge in [-0.1, -0.05) is 6.07 Å². The van der Waals surface area contributed by atoms with E-state index in [0.29, 0.717) is 12.1 Å². The SMILES string of the molecule is Cc1ccc(F)c([C@@H]2CNCCN2)c1F. The van der Waals surface area contributed by atoms with E-state index >= 15 is 0 Å². The molecule has 0 aliphatic carbocycles. The molecule has 1 aromatic carbocycles. The van der Waals surface area contributed by atoms with E-state index in [1.165, 1.54) is 12.1 Å². The Morgan fingerprint density at radius 1 is 1.27 bits per heavy atom. The van der Waals surface area contributed by atoms with Crippen molar-refractivity contribution in [1.29, 1.82) is 0 Å². The predicted molar refractivity (Wildman–Crippen MR) is 54.7 cm³/mol. The van der Waals surface area contributed by atoms with Gasteiger partial charge in [0.1, 0.15) is 11.6 Å². The fourth-order valence-corrected chi connectivity index (χ4v) is 1.86. The second kappa shape index (κ2) is 4.24. The molecule has 1 aromatic rings. The average molecular weight is 212 g/mol. The zero-order valence-corrected chi connectivity index (χ0v) is 8.61. The number of aryl methyl sites for hydroxylation is 1. The summed E-state index contributed by atoms with van der Waals surface area (Å²) in [5, 5.41) is 6.21. The molecule has 2 nitrogen and oxygen atoms in total. The zero-order chi connectivity index (χ0) is 10.8. The molecule has 0 bridgehead atoms. The molecule has 0 radical (unpaired) electrons. The van der Waals surface area contributed by atoms with E-state index in [2.05, 4.69) is 10.6 Å². The maximum Gasteiger partial charge on any atom is 0.133 e. The van der Waals surface area contributed by atoms with Crippen LogP contribution in [0.3, 0.4) is 0 Å². The van der Waals surface area contributed by atoms with E-state index < -0.39 is 11.6 Å². The maximum atomic E-state index is 13.7. The summed E-state index contributed by atoms with van der Waals surface area (Å²) in [6.07, 6.45) is 0. The van der Waals surface area contributed by atoms with Gasteiger partial charge in [-0.3, -0.25) is 0 Å². The Balaban J connectivity index is 2.36. The van der Waals surface area contributed by atoms with E-state index in [4.69, 9.17) is 0 Å². The highest BCUT2D eigenvalue weighted by molar-refractivity contribution is 5.29. The summed E-state index contributed by atoms with van der Waals surface area (Å²) < 4.78 is 27.2. The fraction of sp³-hybridized carbons (Fsp3) is 0.455. The Morgan fingerprint density at radius 3 is 2.73 bits per heavy atom. The van der Waals surface area contributed by atoms with Crippen molar-refractivity contribution < 1.29 is 8.78 Å². The maximum absolute atomic E-state index is 13.7. The quantitative estimate of drug-likeness (QED) is 0.737. The Bertz CT molecular complexity index is 360. The number of hydrogen-bond acceptors (Lipinski definition) is 2. The first-order valence-electron chi connectivity index (χ1n) is 5.08. The van der Waals surface area contributed by atoms with Gasteiger partial charge in [0.15, 0.2) is 0 Å². The molecule has 0 aromatic heterocycles. The number of rotatable bonds is 1. The van der Waals surface area contributed by atoms with E-state index in [1.807, 2.05) is 0 Å². The van der Waals surface area contributed by atoms with Crippen molar-refractivity contribution in [1.82, 2.24) is 10.6 Å². The average Bonchev–Trinajstić information content (AvgIpc) is 2.26. The van der Waals surface area contributed by atoms with Crippen molar-refractivity contribution in [2.45, 2.75) is 13.0 Å². The molecular weight excluding hydrogens is 198 g/mol. The van der Waals surface area contributed by atoms with Crippen molar-refractivity contribution in [3.8, 4) is 0 Å². The molecule has 1 heterocycles. The minimum Gasteiger partial charge on any atom is -0.314 e. The van der Waals surface area contributed by atoms with Crippen LogP contribution in [0.1, 0.15) is 17.2 Å². The standard InChI is InChI=1S/C11H14F2N2/c1-7-2-3-8(12)10(11(7)13)9-6-14-4-5-15-9/h2-3,9,14-15H,4-6H2,1H3/t9-/m0/s1. The van der Waals surface area contributed by atoms with Crippen LogP contribution >= 0.6 is 0 Å². The zero-order valence-electron chi connectivity index (χ0n) is 8.61. The van der Waals surface area contributed by atoms with Crippen LogP contribution in [0.2, 0.25) is 0 Å². The summed E-state index contributed by atoms with van der Waals surface area (Å²) in [5.74, 6) is -0.907. The summed E-state index contributed by atoms with van der Waals surface area (Å²) >= 11 is 0. The van der Waals surface area contributed by atoms with Crippen LogP contribution in [0.5, 0.6) is 0 Å². The van der Waals surface area contributed by atoms with E-state index in [-0.39, 0.29) is 11.6 Å². The van der Waals surface area contributed by atoms with Crippen molar-refractivity contribution in [2.24, 2.45) is 0 Å². The first-order valence-corrected chi connectivity index (χ1v) is 5.08. The van der Waals surface area contributed by atoms with Crippen LogP contribution in [-0.4, -0.2) is 19.6 Å². The van der Waals surface area contributed by atoms with Gasteiger partial charge < -0.3 is 10.6 Å². The Kier molecular flexibility index (Phi) is 2.98. The van der Waals surface area contributed by atoms with Gasteiger partial charge in [-0.05, 0) is 18.6 Å².